The highest BCUT2D eigenvalue weighted by molar-refractivity contribution is 9.11. The number of piperazine rings is 1. The lowest BCUT2D eigenvalue weighted by molar-refractivity contribution is 0.0575. The predicted octanol–water partition coefficient (Wildman–Crippen LogP) is 3.81. The Balaban J connectivity index is 2.24. The van der Waals surface area contributed by atoms with Gasteiger partial charge in [0, 0.05) is 34.1 Å². The molecule has 2 unspecified atom stereocenters. The number of halogens is 2. The van der Waals surface area contributed by atoms with Crippen LogP contribution in [0.5, 0.6) is 0 Å². The molecule has 0 radical (unpaired) electrons. The normalized spacial score (nSPS) is 22.9. The molecule has 1 aromatic carbocycles. The summed E-state index contributed by atoms with van der Waals surface area (Å²) in [6.45, 7) is 5.96. The van der Waals surface area contributed by atoms with Gasteiger partial charge in [0.15, 0.2) is 0 Å². The van der Waals surface area contributed by atoms with Crippen molar-refractivity contribution in [2.75, 3.05) is 13.1 Å². The van der Waals surface area contributed by atoms with E-state index in [4.69, 9.17) is 0 Å². The molecular weight excluding hydrogens is 384 g/mol. The van der Waals surface area contributed by atoms with Crippen LogP contribution in [-0.2, 0) is 0 Å². The fourth-order valence-electron chi connectivity index (χ4n) is 2.57. The van der Waals surface area contributed by atoms with Crippen LogP contribution in [0.3, 0.4) is 0 Å². The van der Waals surface area contributed by atoms with E-state index in [0.29, 0.717) is 6.04 Å². The van der Waals surface area contributed by atoms with Gasteiger partial charge in [0.2, 0.25) is 0 Å². The molecule has 1 aliphatic rings. The van der Waals surface area contributed by atoms with Crippen LogP contribution < -0.4 is 5.32 Å². The molecule has 1 fully saturated rings. The van der Waals surface area contributed by atoms with E-state index < -0.39 is 0 Å². The average Bonchev–Trinajstić information content (AvgIpc) is 2.46. The number of nitrogens with one attached hydrogen (secondary N) is 1. The van der Waals surface area contributed by atoms with Gasteiger partial charge in [0.1, 0.15) is 0 Å². The Morgan fingerprint density at radius 1 is 1.35 bits per heavy atom. The van der Waals surface area contributed by atoms with Gasteiger partial charge in [-0.1, -0.05) is 29.8 Å². The summed E-state index contributed by atoms with van der Waals surface area (Å²) in [5.74, 6) is 0.121. The van der Waals surface area contributed by atoms with Crippen molar-refractivity contribution in [3.63, 3.8) is 0 Å². The van der Waals surface area contributed by atoms with Crippen molar-refractivity contribution < 1.29 is 4.79 Å². The van der Waals surface area contributed by atoms with Gasteiger partial charge in [0.25, 0.3) is 5.91 Å². The molecule has 0 aliphatic carbocycles. The van der Waals surface area contributed by atoms with Gasteiger partial charge in [-0.2, -0.15) is 0 Å². The maximum Gasteiger partial charge on any atom is 0.255 e. The molecule has 1 heterocycles. The molecule has 0 saturated carbocycles. The Morgan fingerprint density at radius 2 is 2.10 bits per heavy atom. The van der Waals surface area contributed by atoms with Crippen LogP contribution in [-0.4, -0.2) is 36.0 Å². The number of hydrogen-bond donors (Lipinski definition) is 1. The number of carbonyl (C=O) groups is 1. The summed E-state index contributed by atoms with van der Waals surface area (Å²) in [6.07, 6.45) is 2.02. The number of benzene rings is 1. The number of amides is 1. The molecule has 1 N–H and O–H groups in total. The molecule has 2 rings (SSSR count). The van der Waals surface area contributed by atoms with Crippen LogP contribution in [0.1, 0.15) is 37.0 Å². The lowest BCUT2D eigenvalue weighted by Gasteiger charge is -2.40. The first-order valence-electron chi connectivity index (χ1n) is 7.06. The van der Waals surface area contributed by atoms with Crippen molar-refractivity contribution in [2.24, 2.45) is 0 Å². The topological polar surface area (TPSA) is 32.3 Å². The number of hydrogen-bond acceptors (Lipinski definition) is 2. The molecule has 1 amide bonds. The van der Waals surface area contributed by atoms with Crippen LogP contribution in [0.25, 0.3) is 0 Å². The molecule has 2 atom stereocenters. The van der Waals surface area contributed by atoms with E-state index >= 15 is 0 Å². The summed E-state index contributed by atoms with van der Waals surface area (Å²) in [5, 5.41) is 3.52. The molecular formula is C15H20Br2N2O. The van der Waals surface area contributed by atoms with Crippen LogP contribution >= 0.6 is 31.9 Å². The van der Waals surface area contributed by atoms with Gasteiger partial charge in [-0.25, -0.2) is 0 Å². The minimum absolute atomic E-state index is 0.121. The van der Waals surface area contributed by atoms with Crippen molar-refractivity contribution >= 4 is 37.8 Å². The lowest BCUT2D eigenvalue weighted by Crippen LogP contribution is -2.57. The zero-order chi connectivity index (χ0) is 14.7. The Hall–Kier alpha value is -0.390. The maximum absolute atomic E-state index is 12.8. The highest BCUT2D eigenvalue weighted by Crippen LogP contribution is 2.25. The third-order valence-corrected chi connectivity index (χ3v) is 5.04. The fraction of sp³-hybridized carbons (Fsp3) is 0.533. The Bertz CT molecular complexity index is 493. The molecule has 1 aliphatic heterocycles. The molecule has 110 valence electrons. The largest absolute Gasteiger partial charge is 0.333 e. The van der Waals surface area contributed by atoms with Gasteiger partial charge >= 0.3 is 0 Å². The summed E-state index contributed by atoms with van der Waals surface area (Å²) >= 11 is 6.92. The summed E-state index contributed by atoms with van der Waals surface area (Å²) in [6, 6.07) is 6.40. The molecule has 1 aromatic rings. The fourth-order valence-corrected chi connectivity index (χ4v) is 3.79. The summed E-state index contributed by atoms with van der Waals surface area (Å²) < 4.78 is 1.82. The molecule has 0 bridgehead atoms. The second kappa shape index (κ2) is 7.05. The van der Waals surface area contributed by atoms with Gasteiger partial charge in [-0.3, -0.25) is 4.79 Å². The highest BCUT2D eigenvalue weighted by Gasteiger charge is 2.30. The predicted molar refractivity (Wildman–Crippen MR) is 89.0 cm³/mol. The smallest absolute Gasteiger partial charge is 0.255 e. The van der Waals surface area contributed by atoms with E-state index in [2.05, 4.69) is 51.0 Å². The average molecular weight is 404 g/mol. The summed E-state index contributed by atoms with van der Waals surface area (Å²) in [5.41, 5.74) is 0.739. The van der Waals surface area contributed by atoms with Crippen molar-refractivity contribution in [3.8, 4) is 0 Å². The van der Waals surface area contributed by atoms with Gasteiger partial charge in [-0.05, 0) is 47.0 Å². The van der Waals surface area contributed by atoms with Gasteiger partial charge in [0.05, 0.1) is 5.56 Å². The Labute approximate surface area is 137 Å². The van der Waals surface area contributed by atoms with Crippen LogP contribution in [0.15, 0.2) is 27.1 Å². The van der Waals surface area contributed by atoms with E-state index in [1.165, 1.54) is 0 Å². The molecule has 3 nitrogen and oxygen atoms in total. The second-order valence-corrected chi connectivity index (χ2v) is 6.93. The van der Waals surface area contributed by atoms with Crippen LogP contribution in [0.4, 0.5) is 0 Å². The van der Waals surface area contributed by atoms with E-state index in [1.54, 1.807) is 0 Å². The van der Waals surface area contributed by atoms with Crippen LogP contribution in [0.2, 0.25) is 0 Å². The third kappa shape index (κ3) is 3.43. The third-order valence-electron chi connectivity index (χ3n) is 3.89. The summed E-state index contributed by atoms with van der Waals surface area (Å²) in [7, 11) is 0. The van der Waals surface area contributed by atoms with Crippen molar-refractivity contribution in [2.45, 2.75) is 38.8 Å². The zero-order valence-corrected chi connectivity index (χ0v) is 15.0. The monoisotopic (exact) mass is 402 g/mol. The quantitative estimate of drug-likeness (QED) is 0.831. The van der Waals surface area contributed by atoms with E-state index in [9.17, 15) is 4.79 Å². The van der Waals surface area contributed by atoms with Crippen LogP contribution in [0, 0.1) is 0 Å². The van der Waals surface area contributed by atoms with Gasteiger partial charge in [-0.15, -0.1) is 0 Å². The standard InChI is InChI=1S/C15H20Br2N2O/c1-3-11-9-19(12(4-2)8-18-11)15(20)13-6-5-10(16)7-14(13)17/h5-7,11-12,18H,3-4,8-9H2,1-2H3. The first-order valence-corrected chi connectivity index (χ1v) is 8.64. The zero-order valence-electron chi connectivity index (χ0n) is 11.8. The first-order chi connectivity index (χ1) is 9.56. The van der Waals surface area contributed by atoms with E-state index in [-0.39, 0.29) is 11.9 Å². The molecule has 1 saturated heterocycles. The molecule has 20 heavy (non-hydrogen) atoms. The molecule has 0 aromatic heterocycles. The van der Waals surface area contributed by atoms with E-state index in [0.717, 1.165) is 40.4 Å². The number of rotatable bonds is 3. The van der Waals surface area contributed by atoms with Crippen molar-refractivity contribution in [1.29, 1.82) is 0 Å². The lowest BCUT2D eigenvalue weighted by atomic mass is 10.0. The minimum atomic E-state index is 0.121. The SMILES string of the molecule is CCC1CN(C(=O)c2ccc(Br)cc2Br)C(CC)CN1. The second-order valence-electron chi connectivity index (χ2n) is 5.16. The van der Waals surface area contributed by atoms with Crippen molar-refractivity contribution in [1.82, 2.24) is 10.2 Å². The number of carbonyl (C=O) groups excluding carboxylic acids is 1. The number of nitrogens with zero attached hydrogens (tertiary/aromatic N) is 1. The summed E-state index contributed by atoms with van der Waals surface area (Å²) in [4.78, 5) is 14.8. The molecule has 0 spiro atoms. The highest BCUT2D eigenvalue weighted by atomic mass is 79.9. The Morgan fingerprint density at radius 3 is 2.70 bits per heavy atom. The van der Waals surface area contributed by atoms with Crippen molar-refractivity contribution in [3.05, 3.63) is 32.7 Å². The Kier molecular flexibility index (Phi) is 5.64. The maximum atomic E-state index is 12.8. The van der Waals surface area contributed by atoms with E-state index in [1.807, 2.05) is 23.1 Å². The minimum Gasteiger partial charge on any atom is -0.333 e. The first kappa shape index (κ1) is 16.0. The molecule has 5 heteroatoms. The van der Waals surface area contributed by atoms with Gasteiger partial charge < -0.3 is 10.2 Å².